The zero-order valence-corrected chi connectivity index (χ0v) is 10.3. The van der Waals surface area contributed by atoms with Crippen LogP contribution in [-0.2, 0) is 12.8 Å². The summed E-state index contributed by atoms with van der Waals surface area (Å²) in [6.07, 6.45) is 1.29. The first-order chi connectivity index (χ1) is 7.78. The molecule has 0 saturated heterocycles. The van der Waals surface area contributed by atoms with Gasteiger partial charge in [0.25, 0.3) is 0 Å². The Morgan fingerprint density at radius 1 is 1.12 bits per heavy atom. The second-order valence-electron chi connectivity index (χ2n) is 3.43. The maximum absolute atomic E-state index is 5.44. The smallest absolute Gasteiger partial charge is 0.220 e. The molecule has 1 aromatic heterocycles. The van der Waals surface area contributed by atoms with Crippen molar-refractivity contribution in [2.24, 2.45) is 5.73 Å². The van der Waals surface area contributed by atoms with Gasteiger partial charge in [0.1, 0.15) is 0 Å². The molecule has 0 atom stereocenters. The van der Waals surface area contributed by atoms with Gasteiger partial charge in [-0.25, -0.2) is 0 Å². The SMILES string of the molecule is NCCc1nnc(Cc2ccc(Br)cc2)o1. The van der Waals surface area contributed by atoms with Crippen LogP contribution in [0, 0.1) is 0 Å². The molecule has 0 saturated carbocycles. The minimum Gasteiger partial charge on any atom is -0.425 e. The van der Waals surface area contributed by atoms with Gasteiger partial charge < -0.3 is 10.2 Å². The summed E-state index contributed by atoms with van der Waals surface area (Å²) in [5.74, 6) is 1.24. The van der Waals surface area contributed by atoms with Crippen molar-refractivity contribution >= 4 is 15.9 Å². The molecule has 0 bridgehead atoms. The molecule has 1 heterocycles. The van der Waals surface area contributed by atoms with Gasteiger partial charge >= 0.3 is 0 Å². The van der Waals surface area contributed by atoms with E-state index >= 15 is 0 Å². The van der Waals surface area contributed by atoms with Crippen LogP contribution in [-0.4, -0.2) is 16.7 Å². The molecule has 0 spiro atoms. The van der Waals surface area contributed by atoms with Crippen LogP contribution in [0.1, 0.15) is 17.3 Å². The maximum atomic E-state index is 5.44. The number of halogens is 1. The van der Waals surface area contributed by atoms with E-state index in [0.29, 0.717) is 31.2 Å². The number of nitrogens with zero attached hydrogens (tertiary/aromatic N) is 2. The number of rotatable bonds is 4. The van der Waals surface area contributed by atoms with E-state index in [9.17, 15) is 0 Å². The van der Waals surface area contributed by atoms with Crippen LogP contribution in [0.2, 0.25) is 0 Å². The van der Waals surface area contributed by atoms with E-state index in [1.807, 2.05) is 24.3 Å². The van der Waals surface area contributed by atoms with Crippen molar-refractivity contribution in [2.75, 3.05) is 6.54 Å². The molecule has 5 heteroatoms. The van der Waals surface area contributed by atoms with Gasteiger partial charge in [-0.3, -0.25) is 0 Å². The van der Waals surface area contributed by atoms with Crippen LogP contribution in [0.25, 0.3) is 0 Å². The summed E-state index contributed by atoms with van der Waals surface area (Å²) in [7, 11) is 0. The van der Waals surface area contributed by atoms with Gasteiger partial charge in [-0.2, -0.15) is 0 Å². The Balaban J connectivity index is 2.05. The normalized spacial score (nSPS) is 10.6. The number of nitrogens with two attached hydrogens (primary N) is 1. The van der Waals surface area contributed by atoms with Crippen LogP contribution in [0.3, 0.4) is 0 Å². The molecule has 2 aromatic rings. The zero-order chi connectivity index (χ0) is 11.4. The Morgan fingerprint density at radius 2 is 1.81 bits per heavy atom. The van der Waals surface area contributed by atoms with Crippen molar-refractivity contribution in [2.45, 2.75) is 12.8 Å². The van der Waals surface area contributed by atoms with Crippen molar-refractivity contribution in [3.05, 3.63) is 46.1 Å². The summed E-state index contributed by atoms with van der Waals surface area (Å²) >= 11 is 3.39. The van der Waals surface area contributed by atoms with E-state index in [1.54, 1.807) is 0 Å². The largest absolute Gasteiger partial charge is 0.425 e. The predicted molar refractivity (Wildman–Crippen MR) is 64.0 cm³/mol. The summed E-state index contributed by atoms with van der Waals surface area (Å²) in [5, 5.41) is 7.88. The van der Waals surface area contributed by atoms with Crippen molar-refractivity contribution in [3.8, 4) is 0 Å². The molecule has 0 aliphatic heterocycles. The molecular weight excluding hydrogens is 270 g/mol. The summed E-state index contributed by atoms with van der Waals surface area (Å²) in [5.41, 5.74) is 6.55. The third kappa shape index (κ3) is 2.90. The number of hydrogen-bond donors (Lipinski definition) is 1. The fourth-order valence-corrected chi connectivity index (χ4v) is 1.63. The molecule has 2 N–H and O–H groups in total. The Labute approximate surface area is 102 Å². The number of benzene rings is 1. The van der Waals surface area contributed by atoms with Gasteiger partial charge in [-0.1, -0.05) is 28.1 Å². The standard InChI is InChI=1S/C11H12BrN3O/c12-9-3-1-8(2-4-9)7-11-15-14-10(16-11)5-6-13/h1-4H,5-7,13H2. The highest BCUT2D eigenvalue weighted by Gasteiger charge is 2.05. The minimum atomic E-state index is 0.528. The van der Waals surface area contributed by atoms with Gasteiger partial charge in [-0.05, 0) is 17.7 Å². The second kappa shape index (κ2) is 5.23. The highest BCUT2D eigenvalue weighted by atomic mass is 79.9. The van der Waals surface area contributed by atoms with Crippen LogP contribution in [0.4, 0.5) is 0 Å². The lowest BCUT2D eigenvalue weighted by Crippen LogP contribution is -2.02. The molecule has 0 radical (unpaired) electrons. The van der Waals surface area contributed by atoms with Crippen LogP contribution >= 0.6 is 15.9 Å². The molecule has 0 fully saturated rings. The molecule has 1 aromatic carbocycles. The average molecular weight is 282 g/mol. The zero-order valence-electron chi connectivity index (χ0n) is 8.69. The van der Waals surface area contributed by atoms with Crippen LogP contribution < -0.4 is 5.73 Å². The lowest BCUT2D eigenvalue weighted by atomic mass is 10.1. The topological polar surface area (TPSA) is 64.9 Å². The molecule has 2 rings (SSSR count). The highest BCUT2D eigenvalue weighted by Crippen LogP contribution is 2.13. The highest BCUT2D eigenvalue weighted by molar-refractivity contribution is 9.10. The van der Waals surface area contributed by atoms with E-state index in [-0.39, 0.29) is 0 Å². The van der Waals surface area contributed by atoms with Gasteiger partial charge in [0.05, 0.1) is 6.42 Å². The molecule has 16 heavy (non-hydrogen) atoms. The quantitative estimate of drug-likeness (QED) is 0.930. The summed E-state index contributed by atoms with van der Waals surface area (Å²) in [4.78, 5) is 0. The van der Waals surface area contributed by atoms with E-state index in [1.165, 1.54) is 0 Å². The van der Waals surface area contributed by atoms with E-state index in [2.05, 4.69) is 26.1 Å². The van der Waals surface area contributed by atoms with Gasteiger partial charge in [0.15, 0.2) is 0 Å². The number of hydrogen-bond acceptors (Lipinski definition) is 4. The van der Waals surface area contributed by atoms with Gasteiger partial charge in [-0.15, -0.1) is 10.2 Å². The summed E-state index contributed by atoms with van der Waals surface area (Å²) in [6.45, 7) is 0.528. The fourth-order valence-electron chi connectivity index (χ4n) is 1.36. The van der Waals surface area contributed by atoms with Crippen molar-refractivity contribution in [1.29, 1.82) is 0 Å². The third-order valence-electron chi connectivity index (χ3n) is 2.14. The molecule has 84 valence electrons. The van der Waals surface area contributed by atoms with E-state index in [0.717, 1.165) is 10.0 Å². The first-order valence-corrected chi connectivity index (χ1v) is 5.83. The van der Waals surface area contributed by atoms with Crippen molar-refractivity contribution < 1.29 is 4.42 Å². The Bertz CT molecular complexity index is 453. The average Bonchev–Trinajstić information content (AvgIpc) is 2.70. The van der Waals surface area contributed by atoms with Crippen molar-refractivity contribution in [3.63, 3.8) is 0 Å². The molecule has 0 unspecified atom stereocenters. The monoisotopic (exact) mass is 281 g/mol. The third-order valence-corrected chi connectivity index (χ3v) is 2.66. The number of aromatic nitrogens is 2. The Morgan fingerprint density at radius 3 is 2.50 bits per heavy atom. The fraction of sp³-hybridized carbons (Fsp3) is 0.273. The van der Waals surface area contributed by atoms with E-state index in [4.69, 9.17) is 10.2 Å². The molecule has 4 nitrogen and oxygen atoms in total. The van der Waals surface area contributed by atoms with E-state index < -0.39 is 0 Å². The first kappa shape index (κ1) is 11.3. The summed E-state index contributed by atoms with van der Waals surface area (Å²) in [6, 6.07) is 8.03. The minimum absolute atomic E-state index is 0.528. The molecular formula is C11H12BrN3O. The van der Waals surface area contributed by atoms with Crippen LogP contribution in [0.5, 0.6) is 0 Å². The Hall–Kier alpha value is -1.20. The first-order valence-electron chi connectivity index (χ1n) is 5.03. The molecule has 0 aliphatic carbocycles. The van der Waals surface area contributed by atoms with Crippen molar-refractivity contribution in [1.82, 2.24) is 10.2 Å². The lowest BCUT2D eigenvalue weighted by molar-refractivity contribution is 0.458. The van der Waals surface area contributed by atoms with Crippen LogP contribution in [0.15, 0.2) is 33.2 Å². The molecule has 0 amide bonds. The van der Waals surface area contributed by atoms with Gasteiger partial charge in [0, 0.05) is 17.4 Å². The Kier molecular flexibility index (Phi) is 3.69. The molecule has 0 aliphatic rings. The lowest BCUT2D eigenvalue weighted by Gasteiger charge is -1.96. The summed E-state index contributed by atoms with van der Waals surface area (Å²) < 4.78 is 6.51. The second-order valence-corrected chi connectivity index (χ2v) is 4.35. The predicted octanol–water partition coefficient (Wildman–Crippen LogP) is 1.92. The van der Waals surface area contributed by atoms with Gasteiger partial charge in [0.2, 0.25) is 11.8 Å². The maximum Gasteiger partial charge on any atom is 0.220 e.